The average Bonchev–Trinajstić information content (AvgIpc) is 2.14. The van der Waals surface area contributed by atoms with E-state index >= 15 is 0 Å². The van der Waals surface area contributed by atoms with Crippen molar-refractivity contribution >= 4 is 17.8 Å². The van der Waals surface area contributed by atoms with Crippen LogP contribution in [0.15, 0.2) is 0 Å². The zero-order valence-electron chi connectivity index (χ0n) is 9.80. The Bertz CT molecular complexity index is 188. The zero-order chi connectivity index (χ0) is 10.4. The fourth-order valence-electron chi connectivity index (χ4n) is 2.26. The van der Waals surface area contributed by atoms with Gasteiger partial charge in [-0.2, -0.15) is 0 Å². The molecule has 0 aliphatic carbocycles. The molecule has 0 aromatic carbocycles. The van der Waals surface area contributed by atoms with E-state index in [0.29, 0.717) is 0 Å². The van der Waals surface area contributed by atoms with Gasteiger partial charge in [0.2, 0.25) is 0 Å². The first-order chi connectivity index (χ1) is 6.62. The largest absolute Gasteiger partial charge is 0.0975 e. The molecule has 1 aliphatic rings. The average molecular weight is 232 g/mol. The SMILES string of the molecule is CC(C)CCCCP1(=S)CCCCC1. The predicted octanol–water partition coefficient (Wildman–Crippen LogP) is 4.48. The van der Waals surface area contributed by atoms with E-state index in [1.807, 2.05) is 0 Å². The highest BCUT2D eigenvalue weighted by Gasteiger charge is 2.19. The van der Waals surface area contributed by atoms with Crippen LogP contribution < -0.4 is 0 Å². The van der Waals surface area contributed by atoms with Gasteiger partial charge in [-0.25, -0.2) is 0 Å². The van der Waals surface area contributed by atoms with Crippen LogP contribution in [0.2, 0.25) is 0 Å². The normalized spacial score (nSPS) is 21.4. The van der Waals surface area contributed by atoms with E-state index in [0.717, 1.165) is 5.92 Å². The van der Waals surface area contributed by atoms with E-state index in [1.165, 1.54) is 57.0 Å². The second kappa shape index (κ2) is 6.28. The molecule has 0 atom stereocenters. The third kappa shape index (κ3) is 4.94. The summed E-state index contributed by atoms with van der Waals surface area (Å²) in [5, 5.41) is 0. The Morgan fingerprint density at radius 1 is 1.07 bits per heavy atom. The van der Waals surface area contributed by atoms with Crippen molar-refractivity contribution in [2.24, 2.45) is 5.92 Å². The molecule has 0 N–H and O–H groups in total. The molecule has 2 heteroatoms. The maximum Gasteiger partial charge on any atom is -0.0235 e. The van der Waals surface area contributed by atoms with Crippen molar-refractivity contribution in [2.45, 2.75) is 52.4 Å². The first-order valence-electron chi connectivity index (χ1n) is 6.19. The fourth-order valence-corrected chi connectivity index (χ4v) is 6.50. The maximum absolute atomic E-state index is 5.84. The first-order valence-corrected chi connectivity index (χ1v) is 9.55. The van der Waals surface area contributed by atoms with Crippen LogP contribution in [0.25, 0.3) is 0 Å². The van der Waals surface area contributed by atoms with Crippen molar-refractivity contribution in [1.82, 2.24) is 0 Å². The number of hydrogen-bond acceptors (Lipinski definition) is 1. The number of unbranched alkanes of at least 4 members (excludes halogenated alkanes) is 1. The molecule has 0 spiro atoms. The summed E-state index contributed by atoms with van der Waals surface area (Å²) >= 11 is 5.84. The van der Waals surface area contributed by atoms with Gasteiger partial charge in [0.15, 0.2) is 0 Å². The van der Waals surface area contributed by atoms with E-state index in [4.69, 9.17) is 11.8 Å². The van der Waals surface area contributed by atoms with Crippen molar-refractivity contribution in [3.63, 3.8) is 0 Å². The minimum Gasteiger partial charge on any atom is -0.0975 e. The summed E-state index contributed by atoms with van der Waals surface area (Å²) in [6, 6.07) is -0.840. The minimum absolute atomic E-state index is 0.840. The highest BCUT2D eigenvalue weighted by molar-refractivity contribution is 8.14. The van der Waals surface area contributed by atoms with Crippen LogP contribution in [0.3, 0.4) is 0 Å². The quantitative estimate of drug-likeness (QED) is 0.497. The molecule has 0 amide bonds. The monoisotopic (exact) mass is 232 g/mol. The highest BCUT2D eigenvalue weighted by atomic mass is 32.4. The van der Waals surface area contributed by atoms with Crippen LogP contribution in [0, 0.1) is 5.92 Å². The lowest BCUT2D eigenvalue weighted by atomic mass is 10.1. The summed E-state index contributed by atoms with van der Waals surface area (Å²) in [4.78, 5) is 0. The van der Waals surface area contributed by atoms with Gasteiger partial charge in [0.05, 0.1) is 0 Å². The molecule has 0 aromatic heterocycles. The van der Waals surface area contributed by atoms with Crippen LogP contribution in [0.5, 0.6) is 0 Å². The molecule has 1 heterocycles. The molecule has 1 fully saturated rings. The lowest BCUT2D eigenvalue weighted by molar-refractivity contribution is 0.550. The summed E-state index contributed by atoms with van der Waals surface area (Å²) < 4.78 is 0. The molecule has 0 aromatic rings. The van der Waals surface area contributed by atoms with Gasteiger partial charge in [0, 0.05) is 0 Å². The van der Waals surface area contributed by atoms with Crippen LogP contribution in [0.1, 0.15) is 52.4 Å². The molecule has 0 saturated carbocycles. The van der Waals surface area contributed by atoms with Gasteiger partial charge in [0.25, 0.3) is 0 Å². The summed E-state index contributed by atoms with van der Waals surface area (Å²) in [5.41, 5.74) is 0. The van der Waals surface area contributed by atoms with E-state index in [9.17, 15) is 0 Å². The fraction of sp³-hybridized carbons (Fsp3) is 1.00. The molecule has 0 radical (unpaired) electrons. The molecule has 84 valence electrons. The topological polar surface area (TPSA) is 0 Å². The third-order valence-electron chi connectivity index (χ3n) is 3.23. The van der Waals surface area contributed by atoms with Gasteiger partial charge in [-0.15, -0.1) is 0 Å². The lowest BCUT2D eigenvalue weighted by Crippen LogP contribution is -2.06. The maximum atomic E-state index is 5.84. The predicted molar refractivity (Wildman–Crippen MR) is 71.4 cm³/mol. The number of rotatable bonds is 5. The van der Waals surface area contributed by atoms with E-state index in [1.54, 1.807) is 0 Å². The Morgan fingerprint density at radius 2 is 1.71 bits per heavy atom. The van der Waals surface area contributed by atoms with Crippen molar-refractivity contribution < 1.29 is 0 Å². The Labute approximate surface area is 94.9 Å². The van der Waals surface area contributed by atoms with Crippen molar-refractivity contribution in [2.75, 3.05) is 18.5 Å². The zero-order valence-corrected chi connectivity index (χ0v) is 11.5. The van der Waals surface area contributed by atoms with Crippen LogP contribution in [-0.4, -0.2) is 18.5 Å². The van der Waals surface area contributed by atoms with Crippen LogP contribution in [-0.2, 0) is 11.8 Å². The minimum atomic E-state index is -0.840. The molecule has 1 saturated heterocycles. The third-order valence-corrected chi connectivity index (χ3v) is 8.27. The molecule has 0 bridgehead atoms. The van der Waals surface area contributed by atoms with Crippen molar-refractivity contribution in [1.29, 1.82) is 0 Å². The van der Waals surface area contributed by atoms with Gasteiger partial charge in [-0.3, -0.25) is 0 Å². The van der Waals surface area contributed by atoms with Gasteiger partial charge < -0.3 is 0 Å². The first kappa shape index (κ1) is 12.7. The Hall–Kier alpha value is 0.650. The van der Waals surface area contributed by atoms with Gasteiger partial charge >= 0.3 is 0 Å². The summed E-state index contributed by atoms with van der Waals surface area (Å²) in [6.07, 6.45) is 12.8. The van der Waals surface area contributed by atoms with Gasteiger partial charge in [-0.1, -0.05) is 44.9 Å². The van der Waals surface area contributed by atoms with Gasteiger partial charge in [-0.05, 0) is 49.7 Å². The molecular weight excluding hydrogens is 207 g/mol. The summed E-state index contributed by atoms with van der Waals surface area (Å²) in [7, 11) is 0. The van der Waals surface area contributed by atoms with Crippen LogP contribution >= 0.6 is 6.04 Å². The van der Waals surface area contributed by atoms with E-state index in [2.05, 4.69) is 13.8 Å². The molecule has 0 unspecified atom stereocenters. The second-order valence-electron chi connectivity index (χ2n) is 5.18. The molecule has 0 nitrogen and oxygen atoms in total. The standard InChI is InChI=1S/C12H25PS/c1-12(2)8-4-7-11-13(14)9-5-3-6-10-13/h12H,3-11H2,1-2H3. The smallest absolute Gasteiger partial charge is 0.0235 e. The number of hydrogen-bond donors (Lipinski definition) is 0. The van der Waals surface area contributed by atoms with E-state index < -0.39 is 6.04 Å². The molecule has 1 rings (SSSR count). The van der Waals surface area contributed by atoms with E-state index in [-0.39, 0.29) is 0 Å². The second-order valence-corrected chi connectivity index (χ2v) is 11.0. The van der Waals surface area contributed by atoms with Crippen LogP contribution in [0.4, 0.5) is 0 Å². The molecule has 1 aliphatic heterocycles. The Kier molecular flexibility index (Phi) is 5.71. The van der Waals surface area contributed by atoms with Crippen molar-refractivity contribution in [3.8, 4) is 0 Å². The Morgan fingerprint density at radius 3 is 2.29 bits per heavy atom. The summed E-state index contributed by atoms with van der Waals surface area (Å²) in [6.45, 7) is 4.64. The molecule has 14 heavy (non-hydrogen) atoms. The molecular formula is C12H25PS. The van der Waals surface area contributed by atoms with Crippen molar-refractivity contribution in [3.05, 3.63) is 0 Å². The highest BCUT2D eigenvalue weighted by Crippen LogP contribution is 2.51. The Balaban J connectivity index is 2.13. The lowest BCUT2D eigenvalue weighted by Gasteiger charge is -2.26. The summed E-state index contributed by atoms with van der Waals surface area (Å²) in [5.74, 6) is 0.876. The van der Waals surface area contributed by atoms with Gasteiger partial charge in [0.1, 0.15) is 0 Å².